The van der Waals surface area contributed by atoms with Crippen LogP contribution in [0.2, 0.25) is 0 Å². The van der Waals surface area contributed by atoms with Crippen molar-refractivity contribution in [3.8, 4) is 0 Å². The molecule has 0 rings (SSSR count). The molecular formula is C10H22N2O. The van der Waals surface area contributed by atoms with Crippen molar-refractivity contribution >= 4 is 5.91 Å². The molecule has 1 N–H and O–H groups in total. The highest BCUT2D eigenvalue weighted by atomic mass is 16.1. The highest BCUT2D eigenvalue weighted by Gasteiger charge is 2.04. The number of amides is 1. The Balaban J connectivity index is 3.52. The first-order valence-electron chi connectivity index (χ1n) is 5.23. The van der Waals surface area contributed by atoms with E-state index in [9.17, 15) is 4.79 Å². The van der Waals surface area contributed by atoms with Crippen LogP contribution < -0.4 is 5.32 Å². The van der Waals surface area contributed by atoms with Gasteiger partial charge in [-0.2, -0.15) is 0 Å². The Hall–Kier alpha value is -0.570. The molecule has 0 aromatic carbocycles. The normalized spacial score (nSPS) is 10.5. The van der Waals surface area contributed by atoms with Crippen molar-refractivity contribution in [2.24, 2.45) is 0 Å². The lowest BCUT2D eigenvalue weighted by Crippen LogP contribution is -2.31. The molecule has 1 amide bonds. The van der Waals surface area contributed by atoms with E-state index < -0.39 is 0 Å². The van der Waals surface area contributed by atoms with Crippen molar-refractivity contribution < 1.29 is 4.79 Å². The van der Waals surface area contributed by atoms with Gasteiger partial charge in [0.1, 0.15) is 0 Å². The third-order valence-corrected chi connectivity index (χ3v) is 2.02. The van der Waals surface area contributed by atoms with E-state index in [2.05, 4.69) is 24.1 Å². The molecule has 0 aliphatic heterocycles. The molecular weight excluding hydrogens is 164 g/mol. The maximum absolute atomic E-state index is 11.1. The highest BCUT2D eigenvalue weighted by molar-refractivity contribution is 5.75. The smallest absolute Gasteiger partial charge is 0.221 e. The van der Waals surface area contributed by atoms with Crippen molar-refractivity contribution in [1.29, 1.82) is 0 Å². The average Bonchev–Trinajstić information content (AvgIpc) is 2.12. The van der Waals surface area contributed by atoms with E-state index in [1.54, 1.807) is 0 Å². The molecule has 0 aliphatic carbocycles. The van der Waals surface area contributed by atoms with Gasteiger partial charge in [-0.3, -0.25) is 4.79 Å². The Bertz CT molecular complexity index is 137. The van der Waals surface area contributed by atoms with Crippen molar-refractivity contribution in [1.82, 2.24) is 10.2 Å². The fourth-order valence-corrected chi connectivity index (χ4v) is 1.29. The second-order valence-corrected chi connectivity index (χ2v) is 3.14. The Morgan fingerprint density at radius 3 is 2.38 bits per heavy atom. The number of carbonyl (C=O) groups excluding carboxylic acids is 1. The SMILES string of the molecule is CCCN(CC)CCC(=O)NCC. The van der Waals surface area contributed by atoms with Crippen LogP contribution in [-0.2, 0) is 4.79 Å². The van der Waals surface area contributed by atoms with Crippen LogP contribution in [0.25, 0.3) is 0 Å². The van der Waals surface area contributed by atoms with Gasteiger partial charge in [0, 0.05) is 19.5 Å². The Labute approximate surface area is 81.5 Å². The van der Waals surface area contributed by atoms with Crippen molar-refractivity contribution in [3.63, 3.8) is 0 Å². The molecule has 0 aromatic rings. The lowest BCUT2D eigenvalue weighted by Gasteiger charge is -2.18. The van der Waals surface area contributed by atoms with E-state index in [4.69, 9.17) is 0 Å². The molecule has 13 heavy (non-hydrogen) atoms. The van der Waals surface area contributed by atoms with Gasteiger partial charge < -0.3 is 10.2 Å². The number of hydrogen-bond acceptors (Lipinski definition) is 2. The zero-order valence-corrected chi connectivity index (χ0v) is 9.10. The molecule has 0 aliphatic rings. The van der Waals surface area contributed by atoms with Gasteiger partial charge in [0.2, 0.25) is 5.91 Å². The predicted octanol–water partition coefficient (Wildman–Crippen LogP) is 1.24. The van der Waals surface area contributed by atoms with Crippen LogP contribution >= 0.6 is 0 Å². The monoisotopic (exact) mass is 186 g/mol. The number of nitrogens with zero attached hydrogens (tertiary/aromatic N) is 1. The molecule has 0 radical (unpaired) electrons. The van der Waals surface area contributed by atoms with E-state index in [-0.39, 0.29) is 5.91 Å². The first-order chi connectivity index (χ1) is 6.24. The Kier molecular flexibility index (Phi) is 7.69. The fraction of sp³-hybridized carbons (Fsp3) is 0.900. The summed E-state index contributed by atoms with van der Waals surface area (Å²) in [7, 11) is 0. The summed E-state index contributed by atoms with van der Waals surface area (Å²) < 4.78 is 0. The summed E-state index contributed by atoms with van der Waals surface area (Å²) in [6, 6.07) is 0. The average molecular weight is 186 g/mol. The van der Waals surface area contributed by atoms with Gasteiger partial charge in [0.05, 0.1) is 0 Å². The maximum Gasteiger partial charge on any atom is 0.221 e. The summed E-state index contributed by atoms with van der Waals surface area (Å²) in [6.45, 7) is 9.99. The standard InChI is InChI=1S/C10H22N2O/c1-4-8-12(6-3)9-7-10(13)11-5-2/h4-9H2,1-3H3,(H,11,13). The third kappa shape index (κ3) is 6.58. The summed E-state index contributed by atoms with van der Waals surface area (Å²) in [5.41, 5.74) is 0. The van der Waals surface area contributed by atoms with E-state index in [1.807, 2.05) is 6.92 Å². The summed E-state index contributed by atoms with van der Waals surface area (Å²) in [6.07, 6.45) is 1.78. The van der Waals surface area contributed by atoms with Crippen molar-refractivity contribution in [2.75, 3.05) is 26.2 Å². The van der Waals surface area contributed by atoms with E-state index in [0.717, 1.165) is 32.6 Å². The summed E-state index contributed by atoms with van der Waals surface area (Å²) in [5.74, 6) is 0.164. The molecule has 0 heterocycles. The highest BCUT2D eigenvalue weighted by Crippen LogP contribution is 1.93. The largest absolute Gasteiger partial charge is 0.356 e. The third-order valence-electron chi connectivity index (χ3n) is 2.02. The summed E-state index contributed by atoms with van der Waals surface area (Å²) in [5, 5.41) is 2.80. The number of carbonyl (C=O) groups is 1. The predicted molar refractivity (Wildman–Crippen MR) is 55.7 cm³/mol. The molecule has 3 heteroatoms. The molecule has 0 spiro atoms. The second-order valence-electron chi connectivity index (χ2n) is 3.14. The van der Waals surface area contributed by atoms with Gasteiger partial charge in [0.15, 0.2) is 0 Å². The van der Waals surface area contributed by atoms with Crippen LogP contribution in [0.5, 0.6) is 0 Å². The Morgan fingerprint density at radius 2 is 1.92 bits per heavy atom. The molecule has 0 atom stereocenters. The molecule has 0 saturated carbocycles. The van der Waals surface area contributed by atoms with E-state index in [0.29, 0.717) is 6.42 Å². The maximum atomic E-state index is 11.1. The lowest BCUT2D eigenvalue weighted by atomic mass is 10.3. The van der Waals surface area contributed by atoms with Crippen LogP contribution in [0.4, 0.5) is 0 Å². The van der Waals surface area contributed by atoms with E-state index >= 15 is 0 Å². The molecule has 0 unspecified atom stereocenters. The van der Waals surface area contributed by atoms with Gasteiger partial charge in [-0.25, -0.2) is 0 Å². The van der Waals surface area contributed by atoms with Crippen LogP contribution in [0.3, 0.4) is 0 Å². The fourth-order valence-electron chi connectivity index (χ4n) is 1.29. The second kappa shape index (κ2) is 8.05. The molecule has 0 aromatic heterocycles. The number of nitrogens with one attached hydrogen (secondary N) is 1. The minimum atomic E-state index is 0.164. The zero-order chi connectivity index (χ0) is 10.1. The van der Waals surface area contributed by atoms with Crippen LogP contribution in [-0.4, -0.2) is 37.0 Å². The molecule has 0 fully saturated rings. The topological polar surface area (TPSA) is 32.3 Å². The Morgan fingerprint density at radius 1 is 1.23 bits per heavy atom. The molecule has 0 bridgehead atoms. The van der Waals surface area contributed by atoms with Gasteiger partial charge in [0.25, 0.3) is 0 Å². The van der Waals surface area contributed by atoms with Crippen LogP contribution in [0.15, 0.2) is 0 Å². The van der Waals surface area contributed by atoms with Crippen molar-refractivity contribution in [2.45, 2.75) is 33.6 Å². The number of hydrogen-bond donors (Lipinski definition) is 1. The molecule has 3 nitrogen and oxygen atoms in total. The van der Waals surface area contributed by atoms with Gasteiger partial charge in [-0.1, -0.05) is 13.8 Å². The van der Waals surface area contributed by atoms with Crippen LogP contribution in [0, 0.1) is 0 Å². The quantitative estimate of drug-likeness (QED) is 0.649. The number of rotatable bonds is 7. The molecule has 78 valence electrons. The lowest BCUT2D eigenvalue weighted by molar-refractivity contribution is -0.121. The van der Waals surface area contributed by atoms with Crippen molar-refractivity contribution in [3.05, 3.63) is 0 Å². The van der Waals surface area contributed by atoms with Gasteiger partial charge in [-0.15, -0.1) is 0 Å². The summed E-state index contributed by atoms with van der Waals surface area (Å²) >= 11 is 0. The first-order valence-corrected chi connectivity index (χ1v) is 5.23. The first kappa shape index (κ1) is 12.4. The van der Waals surface area contributed by atoms with Gasteiger partial charge >= 0.3 is 0 Å². The van der Waals surface area contributed by atoms with Crippen LogP contribution in [0.1, 0.15) is 33.6 Å². The van der Waals surface area contributed by atoms with Gasteiger partial charge in [-0.05, 0) is 26.4 Å². The zero-order valence-electron chi connectivity index (χ0n) is 9.10. The minimum Gasteiger partial charge on any atom is -0.356 e. The summed E-state index contributed by atoms with van der Waals surface area (Å²) in [4.78, 5) is 13.4. The minimum absolute atomic E-state index is 0.164. The molecule has 0 saturated heterocycles. The van der Waals surface area contributed by atoms with E-state index in [1.165, 1.54) is 0 Å².